The average Bonchev–Trinajstić information content (AvgIpc) is 2.73. The van der Waals surface area contributed by atoms with Crippen LogP contribution in [0, 0.1) is 17.2 Å². The molecule has 1 aromatic carbocycles. The number of carbonyl (C=O) groups is 2. The Balaban J connectivity index is 1.98. The number of primary amides is 1. The Labute approximate surface area is 189 Å². The predicted molar refractivity (Wildman–Crippen MR) is 118 cm³/mol. The molecule has 1 amide bonds. The van der Waals surface area contributed by atoms with Crippen LogP contribution in [0.5, 0.6) is 5.75 Å². The number of benzene rings is 1. The summed E-state index contributed by atoms with van der Waals surface area (Å²) in [6, 6.07) is 3.20. The molecular weight excluding hydrogens is 430 g/mol. The highest BCUT2D eigenvalue weighted by atomic mass is 16.6. The first-order valence-corrected chi connectivity index (χ1v) is 10.5. The van der Waals surface area contributed by atoms with Gasteiger partial charge in [0, 0.05) is 5.57 Å². The normalized spacial score (nSPS) is 28.1. The van der Waals surface area contributed by atoms with E-state index in [0.29, 0.717) is 5.56 Å². The molecule has 0 spiro atoms. The van der Waals surface area contributed by atoms with Gasteiger partial charge in [-0.3, -0.25) is 9.59 Å². The van der Waals surface area contributed by atoms with Gasteiger partial charge < -0.3 is 36.4 Å². The van der Waals surface area contributed by atoms with Gasteiger partial charge in [-0.2, -0.15) is 0 Å². The summed E-state index contributed by atoms with van der Waals surface area (Å²) in [6.45, 7) is 3.93. The average molecular weight is 455 g/mol. The number of nitrogens with one attached hydrogen (secondary N) is 1. The van der Waals surface area contributed by atoms with Crippen molar-refractivity contribution < 1.29 is 34.9 Å². The van der Waals surface area contributed by atoms with Crippen molar-refractivity contribution in [3.05, 3.63) is 45.7 Å². The summed E-state index contributed by atoms with van der Waals surface area (Å²) in [6.07, 6.45) is 0.282. The van der Waals surface area contributed by atoms with E-state index in [4.69, 9.17) is 16.0 Å². The molecular formula is C23H25N3O7. The van der Waals surface area contributed by atoms with Crippen molar-refractivity contribution in [3.63, 3.8) is 0 Å². The molecule has 10 nitrogen and oxygen atoms in total. The van der Waals surface area contributed by atoms with E-state index in [1.807, 2.05) is 13.8 Å². The fraction of sp³-hybridized carbons (Fsp3) is 0.391. The van der Waals surface area contributed by atoms with Crippen LogP contribution in [0.25, 0.3) is 5.76 Å². The Hall–Kier alpha value is -3.66. The molecule has 0 radical (unpaired) electrons. The number of ketones is 1. The largest absolute Gasteiger partial charge is 0.507 e. The second-order valence-electron chi connectivity index (χ2n) is 8.85. The Kier molecular flexibility index (Phi) is 5.08. The lowest BCUT2D eigenvalue weighted by atomic mass is 9.57. The van der Waals surface area contributed by atoms with Crippen molar-refractivity contribution in [3.8, 4) is 5.75 Å². The zero-order valence-corrected chi connectivity index (χ0v) is 18.3. The summed E-state index contributed by atoms with van der Waals surface area (Å²) < 4.78 is 0. The van der Waals surface area contributed by atoms with Crippen LogP contribution >= 0.6 is 0 Å². The van der Waals surface area contributed by atoms with Crippen molar-refractivity contribution in [1.82, 2.24) is 0 Å². The van der Waals surface area contributed by atoms with E-state index >= 15 is 0 Å². The highest BCUT2D eigenvalue weighted by molar-refractivity contribution is 6.39. The molecule has 4 rings (SSSR count). The number of carbonyl (C=O) groups excluding carboxylic acids is 2. The third-order valence-electron chi connectivity index (χ3n) is 6.79. The highest BCUT2D eigenvalue weighted by Gasteiger charge is 2.62. The molecule has 0 aromatic heterocycles. The number of amides is 1. The van der Waals surface area contributed by atoms with E-state index in [2.05, 4.69) is 5.16 Å². The topological polar surface area (TPSA) is 187 Å². The van der Waals surface area contributed by atoms with E-state index in [1.165, 1.54) is 13.2 Å². The summed E-state index contributed by atoms with van der Waals surface area (Å²) in [5.41, 5.74) is 2.34. The smallest absolute Gasteiger partial charge is 0.254 e. The van der Waals surface area contributed by atoms with Gasteiger partial charge in [0.25, 0.3) is 5.91 Å². The summed E-state index contributed by atoms with van der Waals surface area (Å²) in [4.78, 5) is 30.4. The number of aliphatic hydroxyl groups is 3. The number of aliphatic hydroxyl groups excluding tert-OH is 2. The number of allylic oxidation sites excluding steroid dienone is 1. The zero-order chi connectivity index (χ0) is 24.4. The summed E-state index contributed by atoms with van der Waals surface area (Å²) in [5, 5.41) is 55.8. The van der Waals surface area contributed by atoms with Gasteiger partial charge in [-0.1, -0.05) is 25.1 Å². The molecule has 3 aliphatic carbocycles. The number of aromatic hydroxyl groups is 1. The Bertz CT molecular complexity index is 1210. The van der Waals surface area contributed by atoms with E-state index in [0.717, 1.165) is 5.56 Å². The van der Waals surface area contributed by atoms with Crippen LogP contribution in [0.4, 0.5) is 0 Å². The SMILES string of the molecule is CO/N=C1\C(O)=C(C(N)=O)C(=N)[C@@]2(O)C(=O)C3=C(O)c4c(O)ccc(C(C)C)c4C[C@H]3C[C@@H]12. The number of fused-ring (bicyclic) bond motifs is 3. The molecule has 1 saturated carbocycles. The van der Waals surface area contributed by atoms with Crippen molar-refractivity contribution in [1.29, 1.82) is 5.41 Å². The summed E-state index contributed by atoms with van der Waals surface area (Å²) in [5.74, 6) is -5.41. The van der Waals surface area contributed by atoms with Crippen molar-refractivity contribution >= 4 is 28.9 Å². The molecule has 0 unspecified atom stereocenters. The van der Waals surface area contributed by atoms with Crippen molar-refractivity contribution in [2.45, 2.75) is 38.2 Å². The van der Waals surface area contributed by atoms with Gasteiger partial charge in [-0.25, -0.2) is 0 Å². The lowest BCUT2D eigenvalue weighted by Gasteiger charge is -2.47. The molecule has 0 heterocycles. The van der Waals surface area contributed by atoms with E-state index < -0.39 is 51.9 Å². The molecule has 10 heteroatoms. The molecule has 1 fully saturated rings. The van der Waals surface area contributed by atoms with Crippen LogP contribution in [-0.2, 0) is 20.8 Å². The molecule has 1 aromatic rings. The van der Waals surface area contributed by atoms with Gasteiger partial charge in [-0.15, -0.1) is 0 Å². The van der Waals surface area contributed by atoms with E-state index in [-0.39, 0.29) is 41.4 Å². The number of nitrogens with zero attached hydrogens (tertiary/aromatic N) is 1. The molecule has 3 atom stereocenters. The summed E-state index contributed by atoms with van der Waals surface area (Å²) in [7, 11) is 1.19. The maximum Gasteiger partial charge on any atom is 0.254 e. The molecule has 0 saturated heterocycles. The zero-order valence-electron chi connectivity index (χ0n) is 18.3. The van der Waals surface area contributed by atoms with Crippen LogP contribution in [0.3, 0.4) is 0 Å². The summed E-state index contributed by atoms with van der Waals surface area (Å²) >= 11 is 0. The minimum atomic E-state index is -2.61. The monoisotopic (exact) mass is 455 g/mol. The fourth-order valence-electron chi connectivity index (χ4n) is 5.31. The van der Waals surface area contributed by atoms with Gasteiger partial charge in [-0.05, 0) is 41.9 Å². The van der Waals surface area contributed by atoms with Crippen molar-refractivity contribution in [2.24, 2.45) is 22.7 Å². The number of phenols is 1. The maximum absolute atomic E-state index is 13.7. The van der Waals surface area contributed by atoms with E-state index in [1.54, 1.807) is 6.07 Å². The highest BCUT2D eigenvalue weighted by Crippen LogP contribution is 2.51. The number of phenolic OH excluding ortho intramolecular Hbond substituents is 1. The van der Waals surface area contributed by atoms with Gasteiger partial charge in [0.15, 0.2) is 11.4 Å². The van der Waals surface area contributed by atoms with Crippen LogP contribution in [0.15, 0.2) is 34.2 Å². The van der Waals surface area contributed by atoms with Gasteiger partial charge in [0.2, 0.25) is 5.78 Å². The van der Waals surface area contributed by atoms with Crippen LogP contribution < -0.4 is 5.73 Å². The van der Waals surface area contributed by atoms with Crippen LogP contribution in [0.1, 0.15) is 42.9 Å². The third-order valence-corrected chi connectivity index (χ3v) is 6.79. The Morgan fingerprint density at radius 1 is 1.27 bits per heavy atom. The molecule has 33 heavy (non-hydrogen) atoms. The van der Waals surface area contributed by atoms with Crippen LogP contribution in [0.2, 0.25) is 0 Å². The van der Waals surface area contributed by atoms with E-state index in [9.17, 15) is 30.0 Å². The molecule has 174 valence electrons. The Morgan fingerprint density at radius 3 is 2.52 bits per heavy atom. The van der Waals surface area contributed by atoms with Crippen molar-refractivity contribution in [2.75, 3.05) is 7.11 Å². The Morgan fingerprint density at radius 2 is 1.94 bits per heavy atom. The van der Waals surface area contributed by atoms with Gasteiger partial charge >= 0.3 is 0 Å². The standard InChI is InChI=1S/C23H25N3O7/c1-8(2)10-4-5-13(27)15-11(10)6-9-7-12-17(26-33-3)19(29)16(22(25)31)20(24)23(12,32)21(30)14(9)18(15)28/h4-5,8-9,12,24,27-29,32H,6-7H2,1-3H3,(H2,25,31)/b24-20?,26-17-/t9-,12-,23+/m0/s1. The second-order valence-corrected chi connectivity index (χ2v) is 8.85. The number of rotatable bonds is 3. The minimum absolute atomic E-state index is 0.00887. The number of Topliss-reactive ketones (excluding diaryl/α,β-unsaturated/α-hetero) is 1. The molecule has 0 bridgehead atoms. The number of hydrogen-bond donors (Lipinski definition) is 6. The first kappa shape index (κ1) is 22.5. The third kappa shape index (κ3) is 2.90. The van der Waals surface area contributed by atoms with Gasteiger partial charge in [0.1, 0.15) is 29.9 Å². The second kappa shape index (κ2) is 7.45. The predicted octanol–water partition coefficient (Wildman–Crippen LogP) is 1.61. The number of hydrogen-bond acceptors (Lipinski definition) is 9. The first-order valence-electron chi connectivity index (χ1n) is 10.5. The minimum Gasteiger partial charge on any atom is -0.507 e. The lowest BCUT2D eigenvalue weighted by Crippen LogP contribution is -2.64. The molecule has 0 aliphatic heterocycles. The number of oxime groups is 1. The lowest BCUT2D eigenvalue weighted by molar-refractivity contribution is -0.133. The maximum atomic E-state index is 13.7. The fourth-order valence-corrected chi connectivity index (χ4v) is 5.31. The molecule has 3 aliphatic rings. The quantitative estimate of drug-likeness (QED) is 0.373. The first-order chi connectivity index (χ1) is 15.5. The van der Waals surface area contributed by atoms with Gasteiger partial charge in [0.05, 0.1) is 17.2 Å². The van der Waals surface area contributed by atoms with Crippen LogP contribution in [-0.4, -0.2) is 56.3 Å². The molecule has 7 N–H and O–H groups in total. The number of nitrogens with two attached hydrogens (primary N) is 1.